The zero-order valence-electron chi connectivity index (χ0n) is 6.38. The highest BCUT2D eigenvalue weighted by Crippen LogP contribution is 2.20. The van der Waals surface area contributed by atoms with E-state index in [1.807, 2.05) is 6.07 Å². The topological polar surface area (TPSA) is 17.8 Å². The summed E-state index contributed by atoms with van der Waals surface area (Å²) in [6.07, 6.45) is 0. The van der Waals surface area contributed by atoms with E-state index in [9.17, 15) is 4.39 Å². The van der Waals surface area contributed by atoms with Gasteiger partial charge in [0.15, 0.2) is 0 Å². The van der Waals surface area contributed by atoms with Crippen LogP contribution in [0.25, 0.3) is 10.9 Å². The van der Waals surface area contributed by atoms with Crippen molar-refractivity contribution in [2.45, 2.75) is 0 Å². The van der Waals surface area contributed by atoms with Gasteiger partial charge in [0.2, 0.25) is 5.95 Å². The minimum atomic E-state index is -0.300. The molecule has 0 atom stereocenters. The Kier molecular flexibility index (Phi) is 1.65. The van der Waals surface area contributed by atoms with Crippen LogP contribution in [-0.2, 0) is 7.05 Å². The third-order valence-corrected chi connectivity index (χ3v) is 2.22. The lowest BCUT2D eigenvalue weighted by Crippen LogP contribution is -1.92. The molecule has 0 unspecified atom stereocenters. The van der Waals surface area contributed by atoms with Crippen molar-refractivity contribution in [3.05, 3.63) is 28.6 Å². The second-order valence-corrected chi connectivity index (χ2v) is 3.49. The van der Waals surface area contributed by atoms with Crippen LogP contribution < -0.4 is 0 Å². The van der Waals surface area contributed by atoms with Crippen LogP contribution in [-0.4, -0.2) is 9.78 Å². The molecule has 0 saturated heterocycles. The molecular weight excluding hydrogens is 223 g/mol. The third-order valence-electron chi connectivity index (χ3n) is 1.72. The number of fused-ring (bicyclic) bond motifs is 1. The Hall–Kier alpha value is -0.900. The first-order valence-electron chi connectivity index (χ1n) is 3.46. The van der Waals surface area contributed by atoms with E-state index < -0.39 is 0 Å². The Morgan fingerprint density at radius 3 is 3.00 bits per heavy atom. The molecule has 4 heteroatoms. The normalized spacial score (nSPS) is 10.9. The van der Waals surface area contributed by atoms with E-state index in [1.165, 1.54) is 4.68 Å². The molecule has 0 aliphatic carbocycles. The first-order valence-corrected chi connectivity index (χ1v) is 4.25. The second kappa shape index (κ2) is 2.55. The van der Waals surface area contributed by atoms with E-state index in [-0.39, 0.29) is 5.95 Å². The van der Waals surface area contributed by atoms with E-state index >= 15 is 0 Å². The summed E-state index contributed by atoms with van der Waals surface area (Å²) >= 11 is 3.27. The number of hydrogen-bond donors (Lipinski definition) is 0. The SMILES string of the molecule is Cn1nc2ccc(Br)cc2c1F. The summed E-state index contributed by atoms with van der Waals surface area (Å²) in [5.41, 5.74) is 0.679. The number of aromatic nitrogens is 2. The fourth-order valence-electron chi connectivity index (χ4n) is 1.14. The van der Waals surface area contributed by atoms with Gasteiger partial charge in [-0.1, -0.05) is 15.9 Å². The highest BCUT2D eigenvalue weighted by atomic mass is 79.9. The Morgan fingerprint density at radius 2 is 2.25 bits per heavy atom. The molecule has 2 rings (SSSR count). The molecule has 0 saturated carbocycles. The molecule has 0 radical (unpaired) electrons. The zero-order chi connectivity index (χ0) is 8.72. The molecule has 1 heterocycles. The molecule has 2 nitrogen and oxygen atoms in total. The van der Waals surface area contributed by atoms with Crippen LogP contribution in [0.2, 0.25) is 0 Å². The lowest BCUT2D eigenvalue weighted by molar-refractivity contribution is 0.512. The number of benzene rings is 1. The summed E-state index contributed by atoms with van der Waals surface area (Å²) < 4.78 is 15.3. The predicted molar refractivity (Wildman–Crippen MR) is 48.4 cm³/mol. The standard InChI is InChI=1S/C8H6BrFN2/c1-12-8(10)6-4-5(9)2-3-7(6)11-12/h2-4H,1H3. The van der Waals surface area contributed by atoms with Gasteiger partial charge < -0.3 is 0 Å². The fraction of sp³-hybridized carbons (Fsp3) is 0.125. The summed E-state index contributed by atoms with van der Waals surface area (Å²) in [5.74, 6) is -0.300. The minimum absolute atomic E-state index is 0.300. The molecule has 1 aromatic heterocycles. The largest absolute Gasteiger partial charge is 0.242 e. The minimum Gasteiger partial charge on any atom is -0.242 e. The monoisotopic (exact) mass is 228 g/mol. The number of rotatable bonds is 0. The van der Waals surface area contributed by atoms with Gasteiger partial charge in [-0.2, -0.15) is 9.49 Å². The second-order valence-electron chi connectivity index (χ2n) is 2.58. The number of halogens is 2. The van der Waals surface area contributed by atoms with Crippen molar-refractivity contribution in [1.29, 1.82) is 0 Å². The molecule has 0 spiro atoms. The molecule has 0 aliphatic heterocycles. The van der Waals surface area contributed by atoms with Gasteiger partial charge in [-0.25, -0.2) is 4.68 Å². The van der Waals surface area contributed by atoms with Crippen molar-refractivity contribution in [2.75, 3.05) is 0 Å². The van der Waals surface area contributed by atoms with E-state index in [4.69, 9.17) is 0 Å². The van der Waals surface area contributed by atoms with Gasteiger partial charge in [0.1, 0.15) is 0 Å². The molecule has 0 fully saturated rings. The van der Waals surface area contributed by atoms with Crippen molar-refractivity contribution in [1.82, 2.24) is 9.78 Å². The summed E-state index contributed by atoms with van der Waals surface area (Å²) in [7, 11) is 1.59. The van der Waals surface area contributed by atoms with Gasteiger partial charge in [0.25, 0.3) is 0 Å². The highest BCUT2D eigenvalue weighted by molar-refractivity contribution is 9.10. The van der Waals surface area contributed by atoms with Gasteiger partial charge >= 0.3 is 0 Å². The van der Waals surface area contributed by atoms with E-state index in [2.05, 4.69) is 21.0 Å². The van der Waals surface area contributed by atoms with Crippen molar-refractivity contribution >= 4 is 26.8 Å². The van der Waals surface area contributed by atoms with Gasteiger partial charge in [0, 0.05) is 11.5 Å². The van der Waals surface area contributed by atoms with E-state index in [0.29, 0.717) is 10.9 Å². The molecule has 12 heavy (non-hydrogen) atoms. The Labute approximate surface area is 77.1 Å². The van der Waals surface area contributed by atoms with E-state index in [0.717, 1.165) is 4.47 Å². The summed E-state index contributed by atoms with van der Waals surface area (Å²) in [4.78, 5) is 0. The molecular formula is C8H6BrFN2. The van der Waals surface area contributed by atoms with Crippen LogP contribution in [0, 0.1) is 5.95 Å². The van der Waals surface area contributed by atoms with Crippen LogP contribution >= 0.6 is 15.9 Å². The fourth-order valence-corrected chi connectivity index (χ4v) is 1.50. The first-order chi connectivity index (χ1) is 5.68. The average molecular weight is 229 g/mol. The molecule has 0 aliphatic rings. The maximum absolute atomic E-state index is 13.2. The molecule has 2 aromatic rings. The van der Waals surface area contributed by atoms with Gasteiger partial charge in [-0.15, -0.1) is 0 Å². The lowest BCUT2D eigenvalue weighted by atomic mass is 10.3. The highest BCUT2D eigenvalue weighted by Gasteiger charge is 2.07. The summed E-state index contributed by atoms with van der Waals surface area (Å²) in [5, 5.41) is 4.52. The van der Waals surface area contributed by atoms with Crippen LogP contribution in [0.15, 0.2) is 22.7 Å². The van der Waals surface area contributed by atoms with Crippen molar-refractivity contribution in [3.8, 4) is 0 Å². The van der Waals surface area contributed by atoms with Crippen LogP contribution in [0.1, 0.15) is 0 Å². The number of hydrogen-bond acceptors (Lipinski definition) is 1. The first kappa shape index (κ1) is 7.73. The molecule has 0 amide bonds. The molecule has 0 N–H and O–H groups in total. The predicted octanol–water partition coefficient (Wildman–Crippen LogP) is 2.47. The van der Waals surface area contributed by atoms with E-state index in [1.54, 1.807) is 19.2 Å². The van der Waals surface area contributed by atoms with Crippen molar-refractivity contribution < 1.29 is 4.39 Å². The molecule has 1 aromatic carbocycles. The van der Waals surface area contributed by atoms with Crippen LogP contribution in [0.3, 0.4) is 0 Å². The Balaban J connectivity index is 2.88. The molecule has 62 valence electrons. The Morgan fingerprint density at radius 1 is 1.50 bits per heavy atom. The zero-order valence-corrected chi connectivity index (χ0v) is 7.97. The van der Waals surface area contributed by atoms with Gasteiger partial charge in [0.05, 0.1) is 10.9 Å². The van der Waals surface area contributed by atoms with Crippen molar-refractivity contribution in [3.63, 3.8) is 0 Å². The van der Waals surface area contributed by atoms with Crippen LogP contribution in [0.5, 0.6) is 0 Å². The summed E-state index contributed by atoms with van der Waals surface area (Å²) in [6.45, 7) is 0. The van der Waals surface area contributed by atoms with Crippen molar-refractivity contribution in [2.24, 2.45) is 7.05 Å². The van der Waals surface area contributed by atoms with Gasteiger partial charge in [-0.3, -0.25) is 0 Å². The lowest BCUT2D eigenvalue weighted by Gasteiger charge is -1.88. The smallest absolute Gasteiger partial charge is 0.219 e. The quantitative estimate of drug-likeness (QED) is 0.678. The number of aryl methyl sites for hydroxylation is 1. The average Bonchev–Trinajstić information content (AvgIpc) is 2.31. The Bertz CT molecular complexity index is 436. The number of nitrogens with zero attached hydrogens (tertiary/aromatic N) is 2. The maximum atomic E-state index is 13.2. The van der Waals surface area contributed by atoms with Crippen LogP contribution in [0.4, 0.5) is 4.39 Å². The molecule has 0 bridgehead atoms. The van der Waals surface area contributed by atoms with Gasteiger partial charge in [-0.05, 0) is 18.2 Å². The summed E-state index contributed by atoms with van der Waals surface area (Å²) in [6, 6.07) is 5.34. The third kappa shape index (κ3) is 1.03. The maximum Gasteiger partial charge on any atom is 0.219 e.